The summed E-state index contributed by atoms with van der Waals surface area (Å²) >= 11 is 4.01. The van der Waals surface area contributed by atoms with Gasteiger partial charge in [0.1, 0.15) is 0 Å². The largest absolute Gasteiger partial charge is 0.375 e. The Balaban J connectivity index is 2.03. The molecule has 1 aromatic heterocycles. The monoisotopic (exact) mass is 342 g/mol. The van der Waals surface area contributed by atoms with E-state index in [1.54, 1.807) is 11.3 Å². The quantitative estimate of drug-likeness (QED) is 0.807. The van der Waals surface area contributed by atoms with Crippen LogP contribution in [-0.2, 0) is 6.42 Å². The summed E-state index contributed by atoms with van der Waals surface area (Å²) in [6.07, 6.45) is 2.24. The normalized spacial score (nSPS) is 18.7. The van der Waals surface area contributed by atoms with Gasteiger partial charge in [-0.2, -0.15) is 0 Å². The fourth-order valence-corrected chi connectivity index (χ4v) is 3.90. The first-order valence-corrected chi connectivity index (χ1v) is 7.14. The molecule has 1 aliphatic rings. The molecule has 0 spiro atoms. The summed E-state index contributed by atoms with van der Waals surface area (Å²) in [7, 11) is 0. The van der Waals surface area contributed by atoms with E-state index in [2.05, 4.69) is 51.8 Å². The van der Waals surface area contributed by atoms with Gasteiger partial charge in [-0.15, -0.1) is 11.3 Å². The molecule has 0 amide bonds. The topological polar surface area (TPSA) is 38.9 Å². The number of hydrogen-bond donors (Lipinski definition) is 1. The number of thiazole rings is 1. The van der Waals surface area contributed by atoms with Crippen LogP contribution in [0.1, 0.15) is 28.5 Å². The number of fused-ring (bicyclic) bond motifs is 1. The maximum Gasteiger partial charge on any atom is 0.180 e. The lowest BCUT2D eigenvalue weighted by atomic mass is 9.99. The van der Waals surface area contributed by atoms with Gasteiger partial charge in [0.25, 0.3) is 0 Å². The van der Waals surface area contributed by atoms with Crippen molar-refractivity contribution < 1.29 is 0 Å². The second kappa shape index (κ2) is 4.00. The summed E-state index contributed by atoms with van der Waals surface area (Å²) in [4.78, 5) is 5.76. The van der Waals surface area contributed by atoms with Crippen molar-refractivity contribution in [1.82, 2.24) is 4.98 Å². The van der Waals surface area contributed by atoms with Gasteiger partial charge in [0.05, 0.1) is 5.69 Å². The van der Waals surface area contributed by atoms with Gasteiger partial charge in [-0.3, -0.25) is 0 Å². The smallest absolute Gasteiger partial charge is 0.180 e. The number of benzene rings is 1. The zero-order valence-corrected chi connectivity index (χ0v) is 11.6. The van der Waals surface area contributed by atoms with Crippen molar-refractivity contribution in [3.63, 3.8) is 0 Å². The third-order valence-electron chi connectivity index (χ3n) is 2.98. The van der Waals surface area contributed by atoms with Crippen LogP contribution in [0.3, 0.4) is 0 Å². The third-order valence-corrected chi connectivity index (χ3v) is 4.69. The number of nitrogens with two attached hydrogens (primary N) is 1. The number of hydrogen-bond acceptors (Lipinski definition) is 3. The predicted octanol–water partition coefficient (Wildman–Crippen LogP) is 3.41. The van der Waals surface area contributed by atoms with E-state index in [4.69, 9.17) is 5.73 Å². The molecule has 2 nitrogen and oxygen atoms in total. The van der Waals surface area contributed by atoms with Crippen molar-refractivity contribution >= 4 is 39.1 Å². The molecular weight excluding hydrogens is 331 g/mol. The summed E-state index contributed by atoms with van der Waals surface area (Å²) in [5, 5.41) is 0.709. The molecular formula is C12H11IN2S. The zero-order chi connectivity index (χ0) is 11.1. The zero-order valence-electron chi connectivity index (χ0n) is 8.61. The van der Waals surface area contributed by atoms with E-state index in [0.717, 1.165) is 6.42 Å². The third kappa shape index (κ3) is 1.73. The summed E-state index contributed by atoms with van der Waals surface area (Å²) in [6, 6.07) is 8.72. The van der Waals surface area contributed by atoms with Crippen LogP contribution in [0.15, 0.2) is 24.3 Å². The van der Waals surface area contributed by atoms with Gasteiger partial charge in [-0.25, -0.2) is 4.98 Å². The summed E-state index contributed by atoms with van der Waals surface area (Å²) in [5.74, 6) is 0.513. The van der Waals surface area contributed by atoms with Gasteiger partial charge in [0.2, 0.25) is 0 Å². The van der Waals surface area contributed by atoms with E-state index in [1.807, 2.05) is 0 Å². The van der Waals surface area contributed by atoms with Gasteiger partial charge in [-0.05, 0) is 53.1 Å². The highest BCUT2D eigenvalue weighted by atomic mass is 127. The van der Waals surface area contributed by atoms with Crippen LogP contribution in [0.2, 0.25) is 0 Å². The number of anilines is 1. The second-order valence-corrected chi connectivity index (χ2v) is 6.32. The van der Waals surface area contributed by atoms with Crippen LogP contribution in [0.25, 0.3) is 0 Å². The maximum absolute atomic E-state index is 5.77. The lowest BCUT2D eigenvalue weighted by Crippen LogP contribution is -1.94. The van der Waals surface area contributed by atoms with Crippen molar-refractivity contribution in [3.05, 3.63) is 44.0 Å². The van der Waals surface area contributed by atoms with E-state index >= 15 is 0 Å². The molecule has 1 unspecified atom stereocenters. The summed E-state index contributed by atoms with van der Waals surface area (Å²) < 4.78 is 1.29. The van der Waals surface area contributed by atoms with E-state index in [1.165, 1.54) is 26.1 Å². The van der Waals surface area contributed by atoms with Gasteiger partial charge < -0.3 is 5.73 Å². The number of halogens is 1. The minimum Gasteiger partial charge on any atom is -0.375 e. The molecule has 2 aromatic rings. The number of aryl methyl sites for hydroxylation is 1. The molecule has 0 saturated carbocycles. The highest BCUT2D eigenvalue weighted by Crippen LogP contribution is 2.42. The number of aromatic nitrogens is 1. The Kier molecular flexibility index (Phi) is 2.63. The summed E-state index contributed by atoms with van der Waals surface area (Å²) in [5.41, 5.74) is 8.38. The molecule has 16 heavy (non-hydrogen) atoms. The highest BCUT2D eigenvalue weighted by Gasteiger charge is 2.27. The summed E-state index contributed by atoms with van der Waals surface area (Å²) in [6.45, 7) is 0. The average molecular weight is 342 g/mol. The molecule has 2 N–H and O–H groups in total. The van der Waals surface area contributed by atoms with Crippen molar-refractivity contribution in [1.29, 1.82) is 0 Å². The van der Waals surface area contributed by atoms with E-state index in [9.17, 15) is 0 Å². The lowest BCUT2D eigenvalue weighted by molar-refractivity contribution is 0.790. The Morgan fingerprint density at radius 2 is 2.31 bits per heavy atom. The molecule has 0 aliphatic heterocycles. The predicted molar refractivity (Wildman–Crippen MR) is 75.8 cm³/mol. The molecule has 82 valence electrons. The molecule has 1 atom stereocenters. The Morgan fingerprint density at radius 3 is 3.12 bits per heavy atom. The second-order valence-electron chi connectivity index (χ2n) is 4.01. The molecule has 0 saturated heterocycles. The Labute approximate surface area is 112 Å². The fraction of sp³-hybridized carbons (Fsp3) is 0.250. The standard InChI is InChI=1S/C12H11IN2S/c13-8-3-1-2-7(6-8)9-4-5-10-11(9)16-12(14)15-10/h1-3,6,9H,4-5H2,(H2,14,15). The molecule has 0 fully saturated rings. The van der Waals surface area contributed by atoms with Gasteiger partial charge in [0, 0.05) is 14.4 Å². The van der Waals surface area contributed by atoms with Crippen LogP contribution in [0.4, 0.5) is 5.13 Å². The Morgan fingerprint density at radius 1 is 1.44 bits per heavy atom. The molecule has 1 aromatic carbocycles. The maximum atomic E-state index is 5.77. The molecule has 1 aliphatic carbocycles. The van der Waals surface area contributed by atoms with Crippen LogP contribution in [0, 0.1) is 3.57 Å². The van der Waals surface area contributed by atoms with Crippen LogP contribution < -0.4 is 5.73 Å². The highest BCUT2D eigenvalue weighted by molar-refractivity contribution is 14.1. The van der Waals surface area contributed by atoms with Crippen molar-refractivity contribution in [3.8, 4) is 0 Å². The van der Waals surface area contributed by atoms with Crippen LogP contribution >= 0.6 is 33.9 Å². The fourth-order valence-electron chi connectivity index (χ4n) is 2.29. The minimum atomic E-state index is 0.513. The minimum absolute atomic E-state index is 0.513. The first-order valence-electron chi connectivity index (χ1n) is 5.24. The average Bonchev–Trinajstić information content (AvgIpc) is 2.76. The van der Waals surface area contributed by atoms with E-state index in [0.29, 0.717) is 11.0 Å². The molecule has 1 heterocycles. The number of nitrogen functional groups attached to an aromatic ring is 1. The van der Waals surface area contributed by atoms with Crippen molar-refractivity contribution in [2.45, 2.75) is 18.8 Å². The van der Waals surface area contributed by atoms with Crippen molar-refractivity contribution in [2.75, 3.05) is 5.73 Å². The SMILES string of the molecule is Nc1nc2c(s1)C(c1cccc(I)c1)CC2. The van der Waals surface area contributed by atoms with Gasteiger partial charge in [-0.1, -0.05) is 12.1 Å². The Bertz CT molecular complexity index is 536. The number of nitrogens with zero attached hydrogens (tertiary/aromatic N) is 1. The lowest BCUT2D eigenvalue weighted by Gasteiger charge is -2.09. The molecule has 3 rings (SSSR count). The van der Waals surface area contributed by atoms with Crippen molar-refractivity contribution in [2.24, 2.45) is 0 Å². The van der Waals surface area contributed by atoms with Gasteiger partial charge >= 0.3 is 0 Å². The van der Waals surface area contributed by atoms with E-state index in [-0.39, 0.29) is 0 Å². The first-order chi connectivity index (χ1) is 7.74. The molecule has 0 bridgehead atoms. The van der Waals surface area contributed by atoms with E-state index < -0.39 is 0 Å². The van der Waals surface area contributed by atoms with Crippen LogP contribution in [0.5, 0.6) is 0 Å². The molecule has 0 radical (unpaired) electrons. The Hall–Kier alpha value is -0.620. The van der Waals surface area contributed by atoms with Crippen LogP contribution in [-0.4, -0.2) is 4.98 Å². The van der Waals surface area contributed by atoms with Gasteiger partial charge in [0.15, 0.2) is 5.13 Å². The number of rotatable bonds is 1. The first kappa shape index (κ1) is 10.5. The molecule has 4 heteroatoms.